The van der Waals surface area contributed by atoms with E-state index in [1.807, 2.05) is 42.9 Å². The van der Waals surface area contributed by atoms with Gasteiger partial charge >= 0.3 is 0 Å². The molecule has 1 aliphatic rings. The smallest absolute Gasteiger partial charge is 0.258 e. The fourth-order valence-corrected chi connectivity index (χ4v) is 3.48. The van der Waals surface area contributed by atoms with Crippen molar-refractivity contribution >= 4 is 11.6 Å². The first-order valence-electron chi connectivity index (χ1n) is 9.55. The van der Waals surface area contributed by atoms with Crippen LogP contribution in [-0.4, -0.2) is 36.5 Å². The minimum absolute atomic E-state index is 0.0245. The Labute approximate surface area is 162 Å². The van der Waals surface area contributed by atoms with Crippen LogP contribution in [0.5, 0.6) is 0 Å². The maximum Gasteiger partial charge on any atom is 0.258 e. The second kappa shape index (κ2) is 7.55. The van der Waals surface area contributed by atoms with E-state index in [1.54, 1.807) is 10.5 Å². The molecule has 0 aromatic carbocycles. The quantitative estimate of drug-likeness (QED) is 0.720. The number of amides is 1. The molecule has 0 radical (unpaired) electrons. The molecule has 8 nitrogen and oxygen atoms in total. The number of hydrogen-bond donors (Lipinski definition) is 1. The number of carbonyl (C=O) groups is 1. The van der Waals surface area contributed by atoms with Crippen LogP contribution >= 0.6 is 0 Å². The summed E-state index contributed by atoms with van der Waals surface area (Å²) in [5.74, 6) is 0.0245. The predicted molar refractivity (Wildman–Crippen MR) is 105 cm³/mol. The van der Waals surface area contributed by atoms with E-state index in [2.05, 4.69) is 20.3 Å². The molecule has 0 aliphatic carbocycles. The van der Waals surface area contributed by atoms with Crippen LogP contribution in [0.2, 0.25) is 0 Å². The van der Waals surface area contributed by atoms with Gasteiger partial charge in [-0.05, 0) is 24.6 Å². The molecule has 0 saturated carbocycles. The van der Waals surface area contributed by atoms with Gasteiger partial charge in [-0.25, -0.2) is 4.98 Å². The van der Waals surface area contributed by atoms with Crippen molar-refractivity contribution in [2.75, 3.05) is 6.54 Å². The Hall–Kier alpha value is -3.00. The van der Waals surface area contributed by atoms with Crippen molar-refractivity contribution in [2.45, 2.75) is 46.4 Å². The van der Waals surface area contributed by atoms with Gasteiger partial charge in [0.25, 0.3) is 5.56 Å². The topological polar surface area (TPSA) is 84.5 Å². The van der Waals surface area contributed by atoms with Gasteiger partial charge in [0.2, 0.25) is 5.91 Å². The fourth-order valence-electron chi connectivity index (χ4n) is 3.48. The van der Waals surface area contributed by atoms with Crippen LogP contribution in [0.25, 0.3) is 5.65 Å². The van der Waals surface area contributed by atoms with Crippen LogP contribution < -0.4 is 10.9 Å². The zero-order chi connectivity index (χ0) is 19.7. The fraction of sp³-hybridized carbons (Fsp3) is 0.400. The number of carbonyl (C=O) groups excluding carboxylic acids is 1. The first-order valence-corrected chi connectivity index (χ1v) is 9.55. The molecule has 28 heavy (non-hydrogen) atoms. The van der Waals surface area contributed by atoms with E-state index in [-0.39, 0.29) is 11.5 Å². The van der Waals surface area contributed by atoms with Crippen molar-refractivity contribution in [2.24, 2.45) is 0 Å². The van der Waals surface area contributed by atoms with Crippen molar-refractivity contribution in [1.29, 1.82) is 0 Å². The summed E-state index contributed by atoms with van der Waals surface area (Å²) in [5.41, 5.74) is 4.40. The molecule has 0 unspecified atom stereocenters. The molecule has 146 valence electrons. The van der Waals surface area contributed by atoms with Crippen LogP contribution in [0.4, 0.5) is 0 Å². The van der Waals surface area contributed by atoms with E-state index in [9.17, 15) is 9.59 Å². The zero-order valence-electron chi connectivity index (χ0n) is 16.2. The van der Waals surface area contributed by atoms with Crippen LogP contribution in [0.1, 0.15) is 36.0 Å². The van der Waals surface area contributed by atoms with Gasteiger partial charge in [0, 0.05) is 38.3 Å². The summed E-state index contributed by atoms with van der Waals surface area (Å²) in [6.45, 7) is 7.22. The molecule has 4 heterocycles. The van der Waals surface area contributed by atoms with Gasteiger partial charge < -0.3 is 5.32 Å². The van der Waals surface area contributed by atoms with Gasteiger partial charge in [-0.15, -0.1) is 0 Å². The van der Waals surface area contributed by atoms with Crippen molar-refractivity contribution in [3.8, 4) is 0 Å². The third-order valence-electron chi connectivity index (χ3n) is 4.96. The second-order valence-corrected chi connectivity index (χ2v) is 7.21. The molecule has 4 rings (SSSR count). The van der Waals surface area contributed by atoms with Crippen LogP contribution in [0.15, 0.2) is 35.3 Å². The summed E-state index contributed by atoms with van der Waals surface area (Å²) in [7, 11) is 0. The molecule has 0 fully saturated rings. The average molecular weight is 380 g/mol. The van der Waals surface area contributed by atoms with Crippen molar-refractivity contribution < 1.29 is 4.79 Å². The highest BCUT2D eigenvalue weighted by Gasteiger charge is 2.19. The Morgan fingerprint density at radius 3 is 2.89 bits per heavy atom. The molecular formula is C20H24N6O2. The summed E-state index contributed by atoms with van der Waals surface area (Å²) >= 11 is 0. The Balaban J connectivity index is 1.47. The lowest BCUT2D eigenvalue weighted by Crippen LogP contribution is -2.34. The molecule has 1 N–H and O–H groups in total. The van der Waals surface area contributed by atoms with Crippen LogP contribution in [-0.2, 0) is 31.0 Å². The summed E-state index contributed by atoms with van der Waals surface area (Å²) in [4.78, 5) is 30.7. The third-order valence-corrected chi connectivity index (χ3v) is 4.96. The largest absolute Gasteiger partial charge is 0.350 e. The molecular weight excluding hydrogens is 356 g/mol. The summed E-state index contributed by atoms with van der Waals surface area (Å²) in [6, 6.07) is 7.49. The Bertz CT molecular complexity index is 1080. The number of rotatable bonds is 5. The highest BCUT2D eigenvalue weighted by molar-refractivity contribution is 5.75. The first-order chi connectivity index (χ1) is 13.5. The van der Waals surface area contributed by atoms with Gasteiger partial charge in [0.1, 0.15) is 5.65 Å². The minimum Gasteiger partial charge on any atom is -0.350 e. The van der Waals surface area contributed by atoms with E-state index in [4.69, 9.17) is 0 Å². The highest BCUT2D eigenvalue weighted by atomic mass is 16.1. The molecule has 0 bridgehead atoms. The SMILES string of the molecule is CCC(=O)NCc1cc2n(n1)CCN(Cc1cc(=O)n3cc(C)ccc3n1)C2. The minimum atomic E-state index is -0.0558. The molecule has 3 aromatic heterocycles. The number of fused-ring (bicyclic) bond motifs is 2. The highest BCUT2D eigenvalue weighted by Crippen LogP contribution is 2.16. The lowest BCUT2D eigenvalue weighted by Gasteiger charge is -2.27. The number of hydrogen-bond acceptors (Lipinski definition) is 5. The van der Waals surface area contributed by atoms with E-state index in [0.29, 0.717) is 25.2 Å². The molecule has 3 aromatic rings. The number of aromatic nitrogens is 4. The van der Waals surface area contributed by atoms with Gasteiger partial charge in [0.05, 0.1) is 30.2 Å². The number of nitrogens with one attached hydrogen (secondary N) is 1. The summed E-state index contributed by atoms with van der Waals surface area (Å²) in [5, 5.41) is 7.43. The maximum absolute atomic E-state index is 12.4. The van der Waals surface area contributed by atoms with Crippen molar-refractivity contribution in [1.82, 2.24) is 29.4 Å². The van der Waals surface area contributed by atoms with Gasteiger partial charge in [-0.3, -0.25) is 23.6 Å². The van der Waals surface area contributed by atoms with E-state index in [1.165, 1.54) is 0 Å². The van der Waals surface area contributed by atoms with Crippen LogP contribution in [0, 0.1) is 6.92 Å². The van der Waals surface area contributed by atoms with Gasteiger partial charge in [-0.1, -0.05) is 13.0 Å². The molecule has 8 heteroatoms. The van der Waals surface area contributed by atoms with Crippen molar-refractivity contribution in [3.63, 3.8) is 0 Å². The molecule has 1 aliphatic heterocycles. The Morgan fingerprint density at radius 2 is 2.07 bits per heavy atom. The van der Waals surface area contributed by atoms with Gasteiger partial charge in [0.15, 0.2) is 0 Å². The first kappa shape index (κ1) is 18.4. The third kappa shape index (κ3) is 3.82. The lowest BCUT2D eigenvalue weighted by atomic mass is 10.2. The lowest BCUT2D eigenvalue weighted by molar-refractivity contribution is -0.120. The number of nitrogens with zero attached hydrogens (tertiary/aromatic N) is 5. The Morgan fingerprint density at radius 1 is 1.21 bits per heavy atom. The number of aryl methyl sites for hydroxylation is 1. The summed E-state index contributed by atoms with van der Waals surface area (Å²) in [6.07, 6.45) is 2.28. The molecule has 0 atom stereocenters. The molecule has 0 saturated heterocycles. The standard InChI is InChI=1S/C20H24N6O2/c1-3-19(27)21-10-15-8-17-13-24(6-7-26(17)23-15)12-16-9-20(28)25-11-14(2)4-5-18(25)22-16/h4-5,8-9,11H,3,6-7,10,12-13H2,1-2H3,(H,21,27). The van der Waals surface area contributed by atoms with Gasteiger partial charge in [-0.2, -0.15) is 5.10 Å². The van der Waals surface area contributed by atoms with Crippen molar-refractivity contribution in [3.05, 3.63) is 63.5 Å². The van der Waals surface area contributed by atoms with Crippen LogP contribution in [0.3, 0.4) is 0 Å². The van der Waals surface area contributed by atoms with E-state index in [0.717, 1.165) is 42.3 Å². The molecule has 0 spiro atoms. The average Bonchev–Trinajstić information content (AvgIpc) is 3.09. The van der Waals surface area contributed by atoms with E-state index >= 15 is 0 Å². The number of pyridine rings is 1. The zero-order valence-corrected chi connectivity index (χ0v) is 16.2. The normalized spacial score (nSPS) is 14.2. The monoisotopic (exact) mass is 380 g/mol. The van der Waals surface area contributed by atoms with E-state index < -0.39 is 0 Å². The second-order valence-electron chi connectivity index (χ2n) is 7.21. The summed E-state index contributed by atoms with van der Waals surface area (Å²) < 4.78 is 3.58. The molecule has 1 amide bonds. The maximum atomic E-state index is 12.4. The predicted octanol–water partition coefficient (Wildman–Crippen LogP) is 1.24. The Kier molecular flexibility index (Phi) is 4.95.